The van der Waals surface area contributed by atoms with Crippen LogP contribution in [-0.2, 0) is 4.79 Å². The maximum absolute atomic E-state index is 12.0. The highest BCUT2D eigenvalue weighted by Gasteiger charge is 2.33. The number of benzene rings is 1. The van der Waals surface area contributed by atoms with Gasteiger partial charge in [0.15, 0.2) is 6.61 Å². The van der Waals surface area contributed by atoms with Crippen molar-refractivity contribution in [2.24, 2.45) is 0 Å². The van der Waals surface area contributed by atoms with Crippen molar-refractivity contribution in [3.8, 4) is 5.75 Å². The van der Waals surface area contributed by atoms with Crippen LogP contribution in [0, 0.1) is 0 Å². The van der Waals surface area contributed by atoms with E-state index in [0.717, 1.165) is 0 Å². The lowest BCUT2D eigenvalue weighted by molar-refractivity contribution is -0.139. The number of hydrogen-bond acceptors (Lipinski definition) is 5. The SMILES string of the molecule is CC(O)c1cn(C2CN(C(=O)COc3ccc(Cl)cc3)C2)nn1. The van der Waals surface area contributed by atoms with Crippen LogP contribution in [0.15, 0.2) is 30.5 Å². The lowest BCUT2D eigenvalue weighted by atomic mass is 10.1. The fourth-order valence-electron chi connectivity index (χ4n) is 2.25. The number of carbonyl (C=O) groups excluding carboxylic acids is 1. The van der Waals surface area contributed by atoms with E-state index in [2.05, 4.69) is 10.3 Å². The van der Waals surface area contributed by atoms with Crippen molar-refractivity contribution in [2.75, 3.05) is 19.7 Å². The molecule has 7 nitrogen and oxygen atoms in total. The maximum Gasteiger partial charge on any atom is 0.260 e. The molecule has 8 heteroatoms. The Bertz CT molecular complexity index is 680. The lowest BCUT2D eigenvalue weighted by Crippen LogP contribution is -2.52. The summed E-state index contributed by atoms with van der Waals surface area (Å²) in [4.78, 5) is 13.7. The third-order valence-electron chi connectivity index (χ3n) is 3.72. The van der Waals surface area contributed by atoms with E-state index in [1.807, 2.05) is 0 Å². The Hall–Kier alpha value is -2.12. The molecule has 0 saturated carbocycles. The number of nitrogens with zero attached hydrogens (tertiary/aromatic N) is 4. The Kier molecular flexibility index (Phi) is 4.49. The van der Waals surface area contributed by atoms with Crippen LogP contribution in [-0.4, -0.2) is 50.6 Å². The molecule has 122 valence electrons. The topological polar surface area (TPSA) is 80.5 Å². The van der Waals surface area contributed by atoms with Crippen LogP contribution in [0.2, 0.25) is 5.02 Å². The molecule has 3 rings (SSSR count). The van der Waals surface area contributed by atoms with E-state index in [9.17, 15) is 9.90 Å². The van der Waals surface area contributed by atoms with Crippen molar-refractivity contribution >= 4 is 17.5 Å². The summed E-state index contributed by atoms with van der Waals surface area (Å²) >= 11 is 5.79. The molecule has 1 N–H and O–H groups in total. The van der Waals surface area contributed by atoms with Gasteiger partial charge in [-0.2, -0.15) is 0 Å². The molecule has 1 aromatic carbocycles. The second-order valence-corrected chi connectivity index (χ2v) is 5.93. The van der Waals surface area contributed by atoms with Gasteiger partial charge in [0, 0.05) is 18.1 Å². The van der Waals surface area contributed by atoms with Gasteiger partial charge in [0.2, 0.25) is 0 Å². The summed E-state index contributed by atoms with van der Waals surface area (Å²) in [5, 5.41) is 17.9. The van der Waals surface area contributed by atoms with Gasteiger partial charge in [-0.15, -0.1) is 5.10 Å². The van der Waals surface area contributed by atoms with Crippen molar-refractivity contribution in [3.05, 3.63) is 41.2 Å². The smallest absolute Gasteiger partial charge is 0.260 e. The summed E-state index contributed by atoms with van der Waals surface area (Å²) in [6.07, 6.45) is 1.07. The first-order valence-corrected chi connectivity index (χ1v) is 7.66. The van der Waals surface area contributed by atoms with Gasteiger partial charge >= 0.3 is 0 Å². The van der Waals surface area contributed by atoms with Crippen molar-refractivity contribution < 1.29 is 14.6 Å². The Morgan fingerprint density at radius 1 is 1.43 bits per heavy atom. The number of rotatable bonds is 5. The highest BCUT2D eigenvalue weighted by Crippen LogP contribution is 2.22. The van der Waals surface area contributed by atoms with Crippen molar-refractivity contribution in [3.63, 3.8) is 0 Å². The molecule has 1 aliphatic rings. The van der Waals surface area contributed by atoms with E-state index in [1.54, 1.807) is 47.0 Å². The van der Waals surface area contributed by atoms with E-state index in [4.69, 9.17) is 16.3 Å². The predicted octanol–water partition coefficient (Wildman–Crippen LogP) is 1.45. The molecule has 0 aliphatic carbocycles. The molecule has 2 aromatic rings. The first-order valence-electron chi connectivity index (χ1n) is 7.29. The van der Waals surface area contributed by atoms with Gasteiger partial charge in [0.1, 0.15) is 11.4 Å². The Morgan fingerprint density at radius 3 is 2.74 bits per heavy atom. The Balaban J connectivity index is 1.46. The zero-order chi connectivity index (χ0) is 16.4. The number of amides is 1. The molecule has 1 aromatic heterocycles. The molecule has 0 spiro atoms. The summed E-state index contributed by atoms with van der Waals surface area (Å²) in [6.45, 7) is 2.75. The number of aliphatic hydroxyl groups is 1. The number of halogens is 1. The highest BCUT2D eigenvalue weighted by atomic mass is 35.5. The molecule has 0 bridgehead atoms. The zero-order valence-electron chi connectivity index (χ0n) is 12.6. The minimum Gasteiger partial charge on any atom is -0.484 e. The predicted molar refractivity (Wildman–Crippen MR) is 83.2 cm³/mol. The molecular formula is C15H17ClN4O3. The molecular weight excluding hydrogens is 320 g/mol. The van der Waals surface area contributed by atoms with Gasteiger partial charge < -0.3 is 14.7 Å². The Morgan fingerprint density at radius 2 is 2.13 bits per heavy atom. The van der Waals surface area contributed by atoms with Gasteiger partial charge in [-0.05, 0) is 31.2 Å². The third kappa shape index (κ3) is 3.62. The normalized spacial score (nSPS) is 16.0. The number of aromatic nitrogens is 3. The summed E-state index contributed by atoms with van der Waals surface area (Å²) in [5.74, 6) is 0.532. The zero-order valence-corrected chi connectivity index (χ0v) is 13.3. The molecule has 2 heterocycles. The van der Waals surface area contributed by atoms with Crippen molar-refractivity contribution in [2.45, 2.75) is 19.1 Å². The average molecular weight is 337 g/mol. The standard InChI is InChI=1S/C15H17ClN4O3/c1-10(21)14-8-20(18-17-14)12-6-19(7-12)15(22)9-23-13-4-2-11(16)3-5-13/h2-5,8,10,12,21H,6-7,9H2,1H3. The first kappa shape index (κ1) is 15.8. The van der Waals surface area contributed by atoms with Crippen LogP contribution in [0.3, 0.4) is 0 Å². The Labute approximate surface area is 138 Å². The van der Waals surface area contributed by atoms with Crippen LogP contribution >= 0.6 is 11.6 Å². The molecule has 1 aliphatic heterocycles. The van der Waals surface area contributed by atoms with Crippen LogP contribution in [0.25, 0.3) is 0 Å². The summed E-state index contributed by atoms with van der Waals surface area (Å²) in [5.41, 5.74) is 0.529. The average Bonchev–Trinajstić information content (AvgIpc) is 2.95. The largest absolute Gasteiger partial charge is 0.484 e. The molecule has 1 amide bonds. The lowest BCUT2D eigenvalue weighted by Gasteiger charge is -2.38. The highest BCUT2D eigenvalue weighted by molar-refractivity contribution is 6.30. The van der Waals surface area contributed by atoms with Crippen LogP contribution in [0.1, 0.15) is 24.8 Å². The number of aliphatic hydroxyl groups excluding tert-OH is 1. The van der Waals surface area contributed by atoms with E-state index < -0.39 is 6.10 Å². The summed E-state index contributed by atoms with van der Waals surface area (Å²) in [6, 6.07) is 6.97. The first-order chi connectivity index (χ1) is 11.0. The fourth-order valence-corrected chi connectivity index (χ4v) is 2.38. The van der Waals surface area contributed by atoms with E-state index in [1.165, 1.54) is 0 Å². The minimum absolute atomic E-state index is 0.00929. The van der Waals surface area contributed by atoms with Crippen molar-refractivity contribution in [1.29, 1.82) is 0 Å². The minimum atomic E-state index is -0.644. The molecule has 1 atom stereocenters. The number of hydrogen-bond donors (Lipinski definition) is 1. The fraction of sp³-hybridized carbons (Fsp3) is 0.400. The molecule has 1 unspecified atom stereocenters. The van der Waals surface area contributed by atoms with Gasteiger partial charge in [-0.1, -0.05) is 16.8 Å². The van der Waals surface area contributed by atoms with Gasteiger partial charge in [-0.3, -0.25) is 4.79 Å². The van der Waals surface area contributed by atoms with Crippen LogP contribution in [0.5, 0.6) is 5.75 Å². The monoisotopic (exact) mass is 336 g/mol. The summed E-state index contributed by atoms with van der Waals surface area (Å²) < 4.78 is 7.12. The van der Waals surface area contributed by atoms with E-state index in [-0.39, 0.29) is 18.6 Å². The molecule has 1 fully saturated rings. The molecule has 23 heavy (non-hydrogen) atoms. The second kappa shape index (κ2) is 6.55. The molecule has 0 radical (unpaired) electrons. The molecule has 1 saturated heterocycles. The van der Waals surface area contributed by atoms with Crippen LogP contribution < -0.4 is 4.74 Å². The van der Waals surface area contributed by atoms with Crippen LogP contribution in [0.4, 0.5) is 0 Å². The number of likely N-dealkylation sites (tertiary alicyclic amines) is 1. The van der Waals surface area contributed by atoms with Gasteiger partial charge in [-0.25, -0.2) is 4.68 Å². The number of carbonyl (C=O) groups is 1. The third-order valence-corrected chi connectivity index (χ3v) is 3.97. The van der Waals surface area contributed by atoms with Gasteiger partial charge in [0.25, 0.3) is 5.91 Å². The maximum atomic E-state index is 12.0. The van der Waals surface area contributed by atoms with E-state index in [0.29, 0.717) is 29.6 Å². The van der Waals surface area contributed by atoms with E-state index >= 15 is 0 Å². The number of ether oxygens (including phenoxy) is 1. The quantitative estimate of drug-likeness (QED) is 0.893. The second-order valence-electron chi connectivity index (χ2n) is 5.49. The summed E-state index contributed by atoms with van der Waals surface area (Å²) in [7, 11) is 0. The van der Waals surface area contributed by atoms with Gasteiger partial charge in [0.05, 0.1) is 18.3 Å². The van der Waals surface area contributed by atoms with Crippen molar-refractivity contribution in [1.82, 2.24) is 19.9 Å².